The number of ether oxygens (including phenoxy) is 3. The molecular weight excluding hydrogens is 342 g/mol. The number of amides is 1. The number of hydrogen-bond donors (Lipinski definition) is 1. The van der Waals surface area contributed by atoms with Crippen LogP contribution in [0.3, 0.4) is 0 Å². The molecule has 0 radical (unpaired) electrons. The maximum atomic E-state index is 12.4. The van der Waals surface area contributed by atoms with Gasteiger partial charge in [-0.3, -0.25) is 0 Å². The number of benzene rings is 3. The predicted octanol–water partition coefficient (Wildman–Crippen LogP) is 4.58. The molecule has 3 aromatic carbocycles. The Labute approximate surface area is 158 Å². The van der Waals surface area contributed by atoms with Crippen LogP contribution in [0.1, 0.15) is 17.2 Å². The summed E-state index contributed by atoms with van der Waals surface area (Å²) in [5.41, 5.74) is 1.82. The van der Waals surface area contributed by atoms with Crippen molar-refractivity contribution in [2.75, 3.05) is 14.2 Å². The molecule has 0 saturated heterocycles. The molecule has 3 rings (SSSR count). The maximum Gasteiger partial charge on any atom is 0.413 e. The van der Waals surface area contributed by atoms with Crippen LogP contribution in [0.4, 0.5) is 4.79 Å². The second kappa shape index (κ2) is 8.76. The summed E-state index contributed by atoms with van der Waals surface area (Å²) in [6.07, 6.45) is -0.530. The highest BCUT2D eigenvalue weighted by Gasteiger charge is 2.18. The molecule has 0 atom stereocenters. The van der Waals surface area contributed by atoms with Crippen LogP contribution in [0.15, 0.2) is 78.9 Å². The van der Waals surface area contributed by atoms with Gasteiger partial charge in [0, 0.05) is 0 Å². The molecule has 1 N–H and O–H groups in total. The lowest BCUT2D eigenvalue weighted by Gasteiger charge is -2.20. The first-order valence-corrected chi connectivity index (χ1v) is 8.51. The summed E-state index contributed by atoms with van der Waals surface area (Å²) in [6.45, 7) is 0. The van der Waals surface area contributed by atoms with E-state index in [1.54, 1.807) is 26.4 Å². The van der Waals surface area contributed by atoms with Gasteiger partial charge in [-0.15, -0.1) is 0 Å². The summed E-state index contributed by atoms with van der Waals surface area (Å²) in [4.78, 5) is 12.4. The van der Waals surface area contributed by atoms with Gasteiger partial charge in [-0.1, -0.05) is 42.5 Å². The molecule has 0 fully saturated rings. The van der Waals surface area contributed by atoms with Crippen LogP contribution in [-0.2, 0) is 0 Å². The van der Waals surface area contributed by atoms with Gasteiger partial charge in [-0.25, -0.2) is 4.79 Å². The smallest absolute Gasteiger partial charge is 0.413 e. The van der Waals surface area contributed by atoms with E-state index in [0.29, 0.717) is 5.75 Å². The van der Waals surface area contributed by atoms with Gasteiger partial charge in [0.15, 0.2) is 0 Å². The minimum absolute atomic E-state index is 0.377. The zero-order valence-corrected chi connectivity index (χ0v) is 15.2. The van der Waals surface area contributed by atoms with Crippen molar-refractivity contribution in [2.45, 2.75) is 6.04 Å². The Morgan fingerprint density at radius 2 is 1.19 bits per heavy atom. The largest absolute Gasteiger partial charge is 0.497 e. The van der Waals surface area contributed by atoms with Gasteiger partial charge in [0.25, 0.3) is 0 Å². The predicted molar refractivity (Wildman–Crippen MR) is 103 cm³/mol. The number of methoxy groups -OCH3 is 2. The van der Waals surface area contributed by atoms with Crippen molar-refractivity contribution in [1.29, 1.82) is 0 Å². The second-order valence-corrected chi connectivity index (χ2v) is 5.83. The molecule has 1 amide bonds. The Morgan fingerprint density at radius 1 is 0.704 bits per heavy atom. The summed E-state index contributed by atoms with van der Waals surface area (Å²) < 4.78 is 15.8. The molecule has 27 heavy (non-hydrogen) atoms. The zero-order chi connectivity index (χ0) is 19.1. The number of hydrogen-bond acceptors (Lipinski definition) is 4. The van der Waals surface area contributed by atoms with Crippen LogP contribution in [0, 0.1) is 0 Å². The van der Waals surface area contributed by atoms with Gasteiger partial charge in [-0.05, 0) is 47.5 Å². The molecule has 0 spiro atoms. The fourth-order valence-electron chi connectivity index (χ4n) is 2.69. The monoisotopic (exact) mass is 363 g/mol. The molecule has 0 aliphatic heterocycles. The summed E-state index contributed by atoms with van der Waals surface area (Å²) in [7, 11) is 3.23. The van der Waals surface area contributed by atoms with E-state index < -0.39 is 6.09 Å². The quantitative estimate of drug-likeness (QED) is 0.696. The fraction of sp³-hybridized carbons (Fsp3) is 0.136. The molecular formula is C22H21NO4. The van der Waals surface area contributed by atoms with Crippen LogP contribution in [-0.4, -0.2) is 20.3 Å². The molecule has 5 nitrogen and oxygen atoms in total. The van der Waals surface area contributed by atoms with Crippen LogP contribution >= 0.6 is 0 Å². The number of para-hydroxylation sites is 1. The van der Waals surface area contributed by atoms with Crippen molar-refractivity contribution in [1.82, 2.24) is 5.32 Å². The molecule has 0 heterocycles. The highest BCUT2D eigenvalue weighted by atomic mass is 16.6. The van der Waals surface area contributed by atoms with E-state index in [9.17, 15) is 4.79 Å². The van der Waals surface area contributed by atoms with Crippen molar-refractivity contribution in [2.24, 2.45) is 0 Å². The summed E-state index contributed by atoms with van der Waals surface area (Å²) in [5.74, 6) is 1.98. The van der Waals surface area contributed by atoms with E-state index in [1.807, 2.05) is 66.7 Å². The van der Waals surface area contributed by atoms with Gasteiger partial charge in [0.1, 0.15) is 17.2 Å². The van der Waals surface area contributed by atoms with Crippen molar-refractivity contribution in [3.8, 4) is 17.2 Å². The fourth-order valence-corrected chi connectivity index (χ4v) is 2.69. The number of carbonyl (C=O) groups excluding carboxylic acids is 1. The molecule has 0 aliphatic carbocycles. The number of rotatable bonds is 6. The average Bonchev–Trinajstić information content (AvgIpc) is 2.73. The number of nitrogens with one attached hydrogen (secondary N) is 1. The lowest BCUT2D eigenvalue weighted by Crippen LogP contribution is -2.31. The first-order valence-electron chi connectivity index (χ1n) is 8.51. The van der Waals surface area contributed by atoms with Gasteiger partial charge in [0.2, 0.25) is 0 Å². The third-order valence-corrected chi connectivity index (χ3v) is 4.11. The van der Waals surface area contributed by atoms with E-state index in [4.69, 9.17) is 14.2 Å². The van der Waals surface area contributed by atoms with Crippen molar-refractivity contribution in [3.63, 3.8) is 0 Å². The van der Waals surface area contributed by atoms with Crippen molar-refractivity contribution in [3.05, 3.63) is 90.0 Å². The molecule has 138 valence electrons. The Morgan fingerprint density at radius 3 is 1.63 bits per heavy atom. The van der Waals surface area contributed by atoms with Crippen LogP contribution in [0.2, 0.25) is 0 Å². The Kier molecular flexibility index (Phi) is 5.94. The van der Waals surface area contributed by atoms with Gasteiger partial charge >= 0.3 is 6.09 Å². The van der Waals surface area contributed by atoms with Crippen LogP contribution < -0.4 is 19.5 Å². The molecule has 0 aliphatic rings. The maximum absolute atomic E-state index is 12.4. The minimum Gasteiger partial charge on any atom is -0.497 e. The Balaban J connectivity index is 1.84. The first-order chi connectivity index (χ1) is 13.2. The summed E-state index contributed by atoms with van der Waals surface area (Å²) >= 11 is 0. The SMILES string of the molecule is COc1ccc(C(NC(=O)Oc2ccccc2)c2ccc(OC)cc2)cc1. The molecule has 3 aromatic rings. The lowest BCUT2D eigenvalue weighted by molar-refractivity contribution is 0.198. The van der Waals surface area contributed by atoms with E-state index in [0.717, 1.165) is 22.6 Å². The molecule has 0 saturated carbocycles. The first kappa shape index (κ1) is 18.3. The molecule has 5 heteroatoms. The van der Waals surface area contributed by atoms with Crippen molar-refractivity contribution < 1.29 is 19.0 Å². The Hall–Kier alpha value is -3.47. The molecule has 0 aromatic heterocycles. The zero-order valence-electron chi connectivity index (χ0n) is 15.2. The third kappa shape index (κ3) is 4.79. The van der Waals surface area contributed by atoms with Crippen LogP contribution in [0.5, 0.6) is 17.2 Å². The van der Waals surface area contributed by atoms with Gasteiger partial charge in [-0.2, -0.15) is 0 Å². The summed E-state index contributed by atoms with van der Waals surface area (Å²) in [6, 6.07) is 23.7. The normalized spacial score (nSPS) is 10.3. The van der Waals surface area contributed by atoms with Gasteiger partial charge in [0.05, 0.1) is 20.3 Å². The van der Waals surface area contributed by atoms with E-state index in [2.05, 4.69) is 5.32 Å². The molecule has 0 unspecified atom stereocenters. The van der Waals surface area contributed by atoms with E-state index >= 15 is 0 Å². The highest BCUT2D eigenvalue weighted by molar-refractivity contribution is 5.71. The van der Waals surface area contributed by atoms with E-state index in [1.165, 1.54) is 0 Å². The molecule has 0 bridgehead atoms. The standard InChI is InChI=1S/C22H21NO4/c1-25-18-12-8-16(9-13-18)21(17-10-14-19(26-2)15-11-17)23-22(24)27-20-6-4-3-5-7-20/h3-15,21H,1-2H3,(H,23,24). The number of carbonyl (C=O) groups is 1. The topological polar surface area (TPSA) is 56.8 Å². The minimum atomic E-state index is -0.530. The lowest BCUT2D eigenvalue weighted by atomic mass is 9.98. The van der Waals surface area contributed by atoms with Gasteiger partial charge < -0.3 is 19.5 Å². The average molecular weight is 363 g/mol. The van der Waals surface area contributed by atoms with Crippen molar-refractivity contribution >= 4 is 6.09 Å². The highest BCUT2D eigenvalue weighted by Crippen LogP contribution is 2.26. The van der Waals surface area contributed by atoms with Crippen LogP contribution in [0.25, 0.3) is 0 Å². The Bertz CT molecular complexity index is 814. The van der Waals surface area contributed by atoms with E-state index in [-0.39, 0.29) is 6.04 Å². The third-order valence-electron chi connectivity index (χ3n) is 4.11. The summed E-state index contributed by atoms with van der Waals surface area (Å²) in [5, 5.41) is 2.93. The second-order valence-electron chi connectivity index (χ2n) is 5.83.